The molecule has 0 spiro atoms. The predicted octanol–water partition coefficient (Wildman–Crippen LogP) is 2.48. The van der Waals surface area contributed by atoms with Crippen LogP contribution in [0.25, 0.3) is 0 Å². The zero-order valence-corrected chi connectivity index (χ0v) is 12.7. The molecule has 0 aliphatic rings. The molecule has 6 nitrogen and oxygen atoms in total. The van der Waals surface area contributed by atoms with Gasteiger partial charge in [-0.15, -0.1) is 0 Å². The highest BCUT2D eigenvalue weighted by atomic mass is 35.5. The first kappa shape index (κ1) is 15.2. The summed E-state index contributed by atoms with van der Waals surface area (Å²) in [5, 5.41) is 0.517. The Labute approximate surface area is 127 Å². The van der Waals surface area contributed by atoms with Crippen molar-refractivity contribution in [2.45, 2.75) is 6.61 Å². The zero-order valence-electron chi connectivity index (χ0n) is 11.9. The Bertz CT molecular complexity index is 629. The van der Waals surface area contributed by atoms with Gasteiger partial charge in [-0.2, -0.15) is 0 Å². The highest BCUT2D eigenvalue weighted by molar-refractivity contribution is 6.29. The summed E-state index contributed by atoms with van der Waals surface area (Å²) in [7, 11) is 4.78. The summed E-state index contributed by atoms with van der Waals surface area (Å²) >= 11 is 5.92. The number of imidazole rings is 1. The minimum Gasteiger partial charge on any atom is -0.493 e. The van der Waals surface area contributed by atoms with E-state index in [1.807, 2.05) is 0 Å². The summed E-state index contributed by atoms with van der Waals surface area (Å²) in [5.41, 5.74) is 0.441. The lowest BCUT2D eigenvalue weighted by Crippen LogP contribution is -2.06. The molecule has 0 aliphatic carbocycles. The summed E-state index contributed by atoms with van der Waals surface area (Å²) in [6.07, 6.45) is 2.26. The lowest BCUT2D eigenvalue weighted by atomic mass is 10.2. The Morgan fingerprint density at radius 2 is 1.90 bits per heavy atom. The number of ether oxygens (including phenoxy) is 3. The minimum atomic E-state index is 0.191. The van der Waals surface area contributed by atoms with Crippen LogP contribution in [0.4, 0.5) is 0 Å². The number of carbonyl (C=O) groups excluding carboxylic acids is 1. The quantitative estimate of drug-likeness (QED) is 0.767. The van der Waals surface area contributed by atoms with Gasteiger partial charge in [-0.05, 0) is 12.1 Å². The van der Waals surface area contributed by atoms with Crippen LogP contribution in [0.5, 0.6) is 17.2 Å². The van der Waals surface area contributed by atoms with Crippen LogP contribution in [0.1, 0.15) is 16.2 Å². The molecule has 0 unspecified atom stereocenters. The maximum Gasteiger partial charge on any atom is 0.204 e. The van der Waals surface area contributed by atoms with Crippen molar-refractivity contribution in [2.75, 3.05) is 14.2 Å². The number of aromatic nitrogens is 2. The van der Waals surface area contributed by atoms with Gasteiger partial charge in [0.15, 0.2) is 11.5 Å². The van der Waals surface area contributed by atoms with Gasteiger partial charge in [-0.1, -0.05) is 11.6 Å². The molecule has 0 N–H and O–H groups in total. The van der Waals surface area contributed by atoms with Crippen LogP contribution in [-0.2, 0) is 13.7 Å². The number of nitrogens with zero attached hydrogens (tertiary/aromatic N) is 2. The number of aldehydes is 1. The molecule has 0 atom stereocenters. The van der Waals surface area contributed by atoms with E-state index >= 15 is 0 Å². The summed E-state index contributed by atoms with van der Waals surface area (Å²) in [6, 6.07) is 3.16. The molecule has 112 valence electrons. The monoisotopic (exact) mass is 310 g/mol. The van der Waals surface area contributed by atoms with Crippen molar-refractivity contribution < 1.29 is 19.0 Å². The topological polar surface area (TPSA) is 62.6 Å². The van der Waals surface area contributed by atoms with E-state index in [4.69, 9.17) is 25.8 Å². The Balaban J connectivity index is 2.30. The molecule has 21 heavy (non-hydrogen) atoms. The van der Waals surface area contributed by atoms with E-state index in [1.54, 1.807) is 29.9 Å². The highest BCUT2D eigenvalue weighted by Crippen LogP contribution is 2.38. The molecule has 7 heteroatoms. The summed E-state index contributed by atoms with van der Waals surface area (Å²) in [5.74, 6) is 1.89. The zero-order chi connectivity index (χ0) is 15.4. The number of rotatable bonds is 6. The Morgan fingerprint density at radius 3 is 2.33 bits per heavy atom. The molecule has 1 aromatic carbocycles. The molecule has 0 fully saturated rings. The van der Waals surface area contributed by atoms with E-state index in [2.05, 4.69) is 4.98 Å². The summed E-state index contributed by atoms with van der Waals surface area (Å²) in [4.78, 5) is 15.0. The highest BCUT2D eigenvalue weighted by Gasteiger charge is 2.15. The molecule has 0 saturated carbocycles. The number of hydrogen-bond acceptors (Lipinski definition) is 5. The molecular formula is C14H15ClN2O4. The van der Waals surface area contributed by atoms with Crippen LogP contribution in [0.15, 0.2) is 18.3 Å². The fraction of sp³-hybridized carbons (Fsp3) is 0.286. The van der Waals surface area contributed by atoms with E-state index in [0.29, 0.717) is 40.1 Å². The lowest BCUT2D eigenvalue weighted by molar-refractivity contribution is 0.112. The first-order valence-electron chi connectivity index (χ1n) is 6.10. The van der Waals surface area contributed by atoms with Crippen LogP contribution in [0.3, 0.4) is 0 Å². The molecule has 1 heterocycles. The van der Waals surface area contributed by atoms with E-state index in [0.717, 1.165) is 0 Å². The molecule has 0 saturated heterocycles. The Kier molecular flexibility index (Phi) is 4.70. The summed E-state index contributed by atoms with van der Waals surface area (Å²) in [6.45, 7) is 0.191. The van der Waals surface area contributed by atoms with Crippen molar-refractivity contribution in [1.29, 1.82) is 0 Å². The largest absolute Gasteiger partial charge is 0.493 e. The van der Waals surface area contributed by atoms with Gasteiger partial charge in [0.1, 0.15) is 23.9 Å². The Hall–Kier alpha value is -2.21. The first-order valence-corrected chi connectivity index (χ1v) is 6.48. The van der Waals surface area contributed by atoms with Gasteiger partial charge in [-0.3, -0.25) is 4.79 Å². The van der Waals surface area contributed by atoms with Crippen molar-refractivity contribution in [3.63, 3.8) is 0 Å². The van der Waals surface area contributed by atoms with Gasteiger partial charge >= 0.3 is 0 Å². The SMILES string of the molecule is COc1cc(C=O)cc(OC)c1OCc1ncc(Cl)n1C. The number of benzene rings is 1. The van der Waals surface area contributed by atoms with Gasteiger partial charge in [0.25, 0.3) is 0 Å². The van der Waals surface area contributed by atoms with Gasteiger partial charge in [0.2, 0.25) is 5.75 Å². The fourth-order valence-electron chi connectivity index (χ4n) is 1.81. The second-order valence-corrected chi connectivity index (χ2v) is 4.60. The molecule has 1 aromatic heterocycles. The predicted molar refractivity (Wildman–Crippen MR) is 77.5 cm³/mol. The van der Waals surface area contributed by atoms with Gasteiger partial charge in [0, 0.05) is 12.6 Å². The van der Waals surface area contributed by atoms with Crippen molar-refractivity contribution in [3.05, 3.63) is 34.9 Å². The minimum absolute atomic E-state index is 0.191. The van der Waals surface area contributed by atoms with Crippen LogP contribution >= 0.6 is 11.6 Å². The van der Waals surface area contributed by atoms with Crippen molar-refractivity contribution >= 4 is 17.9 Å². The van der Waals surface area contributed by atoms with E-state index in [1.165, 1.54) is 14.2 Å². The number of carbonyl (C=O) groups is 1. The molecule has 0 aliphatic heterocycles. The molecule has 0 bridgehead atoms. The number of methoxy groups -OCH3 is 2. The molecular weight excluding hydrogens is 296 g/mol. The molecule has 2 aromatic rings. The number of halogens is 1. The van der Waals surface area contributed by atoms with Gasteiger partial charge < -0.3 is 18.8 Å². The van der Waals surface area contributed by atoms with Crippen LogP contribution in [0.2, 0.25) is 5.15 Å². The molecule has 0 amide bonds. The maximum absolute atomic E-state index is 10.9. The second kappa shape index (κ2) is 6.49. The van der Waals surface area contributed by atoms with Crippen molar-refractivity contribution in [2.24, 2.45) is 7.05 Å². The van der Waals surface area contributed by atoms with Crippen LogP contribution < -0.4 is 14.2 Å². The lowest BCUT2D eigenvalue weighted by Gasteiger charge is -2.15. The van der Waals surface area contributed by atoms with Crippen LogP contribution in [0, 0.1) is 0 Å². The smallest absolute Gasteiger partial charge is 0.204 e. The van der Waals surface area contributed by atoms with E-state index < -0.39 is 0 Å². The normalized spacial score (nSPS) is 10.3. The van der Waals surface area contributed by atoms with Gasteiger partial charge in [0.05, 0.1) is 20.4 Å². The second-order valence-electron chi connectivity index (χ2n) is 4.22. The van der Waals surface area contributed by atoms with Gasteiger partial charge in [-0.25, -0.2) is 4.98 Å². The average Bonchev–Trinajstić information content (AvgIpc) is 2.83. The standard InChI is InChI=1S/C14H15ClN2O4/c1-17-12(15)6-16-13(17)8-21-14-10(19-2)4-9(7-18)5-11(14)20-3/h4-7H,8H2,1-3H3. The first-order chi connectivity index (χ1) is 10.1. The number of hydrogen-bond donors (Lipinski definition) is 0. The molecule has 2 rings (SSSR count). The summed E-state index contributed by atoms with van der Waals surface area (Å²) < 4.78 is 17.9. The third-order valence-corrected chi connectivity index (χ3v) is 3.34. The van der Waals surface area contributed by atoms with Crippen LogP contribution in [-0.4, -0.2) is 30.1 Å². The third kappa shape index (κ3) is 3.11. The fourth-order valence-corrected chi connectivity index (χ4v) is 1.95. The van der Waals surface area contributed by atoms with E-state index in [-0.39, 0.29) is 6.61 Å². The third-order valence-electron chi connectivity index (χ3n) is 2.99. The van der Waals surface area contributed by atoms with E-state index in [9.17, 15) is 4.79 Å². The van der Waals surface area contributed by atoms with Crippen molar-refractivity contribution in [3.8, 4) is 17.2 Å². The van der Waals surface area contributed by atoms with Crippen molar-refractivity contribution in [1.82, 2.24) is 9.55 Å². The Morgan fingerprint density at radius 1 is 1.29 bits per heavy atom. The maximum atomic E-state index is 10.9. The average molecular weight is 311 g/mol. The molecule has 0 radical (unpaired) electrons.